The Kier molecular flexibility index (Phi) is 3.92. The molecule has 1 rings (SSSR count). The molecule has 0 atom stereocenters. The minimum Gasteiger partial charge on any atom is -0.367 e. The van der Waals surface area contributed by atoms with E-state index in [4.69, 9.17) is 10.9 Å². The van der Waals surface area contributed by atoms with Gasteiger partial charge in [0, 0.05) is 12.1 Å². The summed E-state index contributed by atoms with van der Waals surface area (Å²) in [5.74, 6) is -0.252. The number of nitrogens with one attached hydrogen (secondary N) is 1. The first-order chi connectivity index (χ1) is 7.63. The number of nitrogens with zero attached hydrogens (tertiary/aromatic N) is 3. The lowest BCUT2D eigenvalue weighted by Gasteiger charge is -1.93. The molecule has 0 spiro atoms. The van der Waals surface area contributed by atoms with Crippen molar-refractivity contribution in [1.82, 2.24) is 5.48 Å². The van der Waals surface area contributed by atoms with Crippen molar-refractivity contribution < 1.29 is 10.1 Å². The summed E-state index contributed by atoms with van der Waals surface area (Å²) >= 11 is 0. The normalized spacial score (nSPS) is 11.7. The molecule has 0 unspecified atom stereocenters. The molecule has 0 amide bonds. The van der Waals surface area contributed by atoms with Gasteiger partial charge in [-0.3, -0.25) is 15.3 Å². The minimum absolute atomic E-state index is 0.00260. The number of hydrogen-bond acceptors (Lipinski definition) is 5. The van der Waals surface area contributed by atoms with E-state index in [-0.39, 0.29) is 11.6 Å². The number of hydrogen-bond donors (Lipinski definition) is 3. The average Bonchev–Trinajstić information content (AvgIpc) is 2.29. The Balaban J connectivity index is 2.72. The molecule has 0 radical (unpaired) electrons. The lowest BCUT2D eigenvalue weighted by Crippen LogP contribution is -2.27. The van der Waals surface area contributed by atoms with Gasteiger partial charge in [0.25, 0.3) is 5.69 Å². The monoisotopic (exact) mass is 223 g/mol. The standard InChI is InChI=1S/C8H9N5O3/c9-8(12-14)11-10-5-6-1-3-7(4-2-6)13(15)16/h1-5,14H,(H3,9,11,12). The van der Waals surface area contributed by atoms with Crippen LogP contribution < -0.4 is 11.2 Å². The Morgan fingerprint density at radius 2 is 2.12 bits per heavy atom. The highest BCUT2D eigenvalue weighted by molar-refractivity contribution is 5.81. The van der Waals surface area contributed by atoms with Gasteiger partial charge in [0.15, 0.2) is 0 Å². The smallest absolute Gasteiger partial charge is 0.269 e. The highest BCUT2D eigenvalue weighted by Crippen LogP contribution is 2.10. The number of nitro groups is 1. The average molecular weight is 223 g/mol. The van der Waals surface area contributed by atoms with E-state index in [1.165, 1.54) is 30.5 Å². The molecule has 4 N–H and O–H groups in total. The van der Waals surface area contributed by atoms with Crippen molar-refractivity contribution in [1.29, 1.82) is 0 Å². The molecular formula is C8H9N5O3. The Hall–Kier alpha value is -2.48. The van der Waals surface area contributed by atoms with Gasteiger partial charge in [-0.1, -0.05) is 0 Å². The molecule has 0 saturated heterocycles. The summed E-state index contributed by atoms with van der Waals surface area (Å²) < 4.78 is 0. The van der Waals surface area contributed by atoms with Crippen LogP contribution in [0.5, 0.6) is 0 Å². The Bertz CT molecular complexity index is 426. The Labute approximate surface area is 90.2 Å². The number of non-ortho nitro benzene ring substituents is 1. The van der Waals surface area contributed by atoms with Crippen LogP contribution in [-0.4, -0.2) is 22.3 Å². The van der Waals surface area contributed by atoms with E-state index in [9.17, 15) is 10.1 Å². The highest BCUT2D eigenvalue weighted by atomic mass is 16.6. The molecule has 84 valence electrons. The maximum Gasteiger partial charge on any atom is 0.269 e. The summed E-state index contributed by atoms with van der Waals surface area (Å²) in [5.41, 5.74) is 7.31. The van der Waals surface area contributed by atoms with E-state index in [0.29, 0.717) is 5.56 Å². The third-order valence-corrected chi connectivity index (χ3v) is 1.59. The van der Waals surface area contributed by atoms with Gasteiger partial charge in [-0.15, -0.1) is 5.10 Å². The van der Waals surface area contributed by atoms with Crippen LogP contribution in [0, 0.1) is 10.1 Å². The maximum absolute atomic E-state index is 10.4. The van der Waals surface area contributed by atoms with Crippen LogP contribution in [0.15, 0.2) is 34.5 Å². The van der Waals surface area contributed by atoms with Crippen LogP contribution in [0.4, 0.5) is 5.69 Å². The fourth-order valence-electron chi connectivity index (χ4n) is 0.862. The van der Waals surface area contributed by atoms with Gasteiger partial charge in [-0.2, -0.15) is 5.10 Å². The lowest BCUT2D eigenvalue weighted by atomic mass is 10.2. The Morgan fingerprint density at radius 3 is 2.62 bits per heavy atom. The molecule has 1 aromatic rings. The number of rotatable bonds is 3. The molecule has 8 nitrogen and oxygen atoms in total. The SMILES string of the molecule is NC(=NN=Cc1ccc([N+](=O)[O-])cc1)NO. The van der Waals surface area contributed by atoms with Gasteiger partial charge in [0.1, 0.15) is 0 Å². The highest BCUT2D eigenvalue weighted by Gasteiger charge is 2.02. The third kappa shape index (κ3) is 3.35. The maximum atomic E-state index is 10.4. The molecule has 8 heteroatoms. The zero-order valence-corrected chi connectivity index (χ0v) is 8.07. The van der Waals surface area contributed by atoms with E-state index in [1.807, 2.05) is 0 Å². The van der Waals surface area contributed by atoms with Gasteiger partial charge in [-0.25, -0.2) is 5.48 Å². The molecule has 0 aliphatic heterocycles. The number of hydroxylamine groups is 1. The molecule has 0 saturated carbocycles. The van der Waals surface area contributed by atoms with Gasteiger partial charge in [0.05, 0.1) is 11.1 Å². The van der Waals surface area contributed by atoms with E-state index in [2.05, 4.69) is 10.2 Å². The van der Waals surface area contributed by atoms with Crippen LogP contribution in [0.1, 0.15) is 5.56 Å². The summed E-state index contributed by atoms with van der Waals surface area (Å²) in [6, 6.07) is 5.72. The zero-order chi connectivity index (χ0) is 12.0. The minimum atomic E-state index is -0.493. The largest absolute Gasteiger partial charge is 0.367 e. The van der Waals surface area contributed by atoms with Crippen molar-refractivity contribution in [2.75, 3.05) is 0 Å². The summed E-state index contributed by atoms with van der Waals surface area (Å²) in [4.78, 5) is 9.86. The summed E-state index contributed by atoms with van der Waals surface area (Å²) in [7, 11) is 0. The fourth-order valence-corrected chi connectivity index (χ4v) is 0.862. The van der Waals surface area contributed by atoms with E-state index in [0.717, 1.165) is 0 Å². The van der Waals surface area contributed by atoms with E-state index >= 15 is 0 Å². The predicted molar refractivity (Wildman–Crippen MR) is 57.2 cm³/mol. The molecular weight excluding hydrogens is 214 g/mol. The summed E-state index contributed by atoms with van der Waals surface area (Å²) in [6.07, 6.45) is 1.34. The Morgan fingerprint density at radius 1 is 1.50 bits per heavy atom. The number of benzene rings is 1. The number of guanidine groups is 1. The van der Waals surface area contributed by atoms with Crippen molar-refractivity contribution in [3.8, 4) is 0 Å². The summed E-state index contributed by atoms with van der Waals surface area (Å²) in [5, 5.41) is 25.5. The van der Waals surface area contributed by atoms with Crippen LogP contribution >= 0.6 is 0 Å². The van der Waals surface area contributed by atoms with Gasteiger partial charge < -0.3 is 5.73 Å². The quantitative estimate of drug-likeness (QED) is 0.292. The lowest BCUT2D eigenvalue weighted by molar-refractivity contribution is -0.384. The van der Waals surface area contributed by atoms with Crippen LogP contribution in [-0.2, 0) is 0 Å². The molecule has 0 fully saturated rings. The molecule has 0 bridgehead atoms. The van der Waals surface area contributed by atoms with Crippen molar-refractivity contribution in [3.05, 3.63) is 39.9 Å². The molecule has 0 aromatic heterocycles. The van der Waals surface area contributed by atoms with Gasteiger partial charge in [0.2, 0.25) is 5.96 Å². The van der Waals surface area contributed by atoms with Gasteiger partial charge >= 0.3 is 0 Å². The van der Waals surface area contributed by atoms with Crippen molar-refractivity contribution in [3.63, 3.8) is 0 Å². The van der Waals surface area contributed by atoms with Crippen molar-refractivity contribution in [2.24, 2.45) is 15.9 Å². The topological polar surface area (TPSA) is 126 Å². The second kappa shape index (κ2) is 5.41. The second-order valence-electron chi connectivity index (χ2n) is 2.69. The number of nitro benzene ring substituents is 1. The molecule has 0 aliphatic carbocycles. The van der Waals surface area contributed by atoms with Crippen molar-refractivity contribution in [2.45, 2.75) is 0 Å². The zero-order valence-electron chi connectivity index (χ0n) is 8.07. The first-order valence-corrected chi connectivity index (χ1v) is 4.14. The predicted octanol–water partition coefficient (Wildman–Crippen LogP) is 0.222. The first kappa shape index (κ1) is 11.6. The van der Waals surface area contributed by atoms with Crippen molar-refractivity contribution >= 4 is 17.9 Å². The summed E-state index contributed by atoms with van der Waals surface area (Å²) in [6.45, 7) is 0. The third-order valence-electron chi connectivity index (χ3n) is 1.59. The van der Waals surface area contributed by atoms with Crippen LogP contribution in [0.25, 0.3) is 0 Å². The molecule has 0 heterocycles. The van der Waals surface area contributed by atoms with E-state index < -0.39 is 4.92 Å². The van der Waals surface area contributed by atoms with Crippen LogP contribution in [0.3, 0.4) is 0 Å². The second-order valence-corrected chi connectivity index (χ2v) is 2.69. The van der Waals surface area contributed by atoms with Gasteiger partial charge in [-0.05, 0) is 17.7 Å². The van der Waals surface area contributed by atoms with E-state index in [1.54, 1.807) is 5.48 Å². The molecule has 0 aliphatic rings. The first-order valence-electron chi connectivity index (χ1n) is 4.14. The molecule has 16 heavy (non-hydrogen) atoms. The number of nitrogens with two attached hydrogens (primary N) is 1. The fraction of sp³-hybridized carbons (Fsp3) is 0. The van der Waals surface area contributed by atoms with Crippen LogP contribution in [0.2, 0.25) is 0 Å². The molecule has 1 aromatic carbocycles.